The average molecular weight is 193 g/mol. The first-order valence-electron chi connectivity index (χ1n) is 4.44. The van der Waals surface area contributed by atoms with E-state index in [1.54, 1.807) is 6.07 Å². The Hall–Kier alpha value is -1.71. The minimum atomic E-state index is -0.367. The van der Waals surface area contributed by atoms with E-state index in [-0.39, 0.29) is 17.4 Å². The highest BCUT2D eigenvalue weighted by Gasteiger charge is 2.11. The molecule has 2 rings (SSSR count). The molecule has 0 radical (unpaired) electrons. The quantitative estimate of drug-likeness (QED) is 0.752. The number of rotatable bonds is 1. The van der Waals surface area contributed by atoms with Crippen LogP contribution >= 0.6 is 0 Å². The molecule has 0 unspecified atom stereocenters. The molecule has 1 aromatic carbocycles. The second-order valence-corrected chi connectivity index (χ2v) is 3.50. The summed E-state index contributed by atoms with van der Waals surface area (Å²) in [5, 5.41) is 9.79. The number of hydrogen-bond donors (Lipinski definition) is 1. The summed E-state index contributed by atoms with van der Waals surface area (Å²) in [4.78, 5) is 11.3. The molecule has 2 aromatic rings. The van der Waals surface area contributed by atoms with Crippen molar-refractivity contribution in [2.75, 3.05) is 0 Å². The second-order valence-electron chi connectivity index (χ2n) is 3.50. The lowest BCUT2D eigenvalue weighted by Crippen LogP contribution is -1.99. The molecule has 0 spiro atoms. The van der Waals surface area contributed by atoms with E-state index in [9.17, 15) is 9.90 Å². The fourth-order valence-corrected chi connectivity index (χ4v) is 1.45. The van der Waals surface area contributed by atoms with Gasteiger partial charge in [0, 0.05) is 6.07 Å². The molecular weight excluding hydrogens is 182 g/mol. The maximum absolute atomic E-state index is 11.3. The fourth-order valence-electron chi connectivity index (χ4n) is 1.45. The number of hydrogen-bond acceptors (Lipinski definition) is 3. The van der Waals surface area contributed by atoms with Crippen LogP contribution in [0.5, 0.6) is 5.75 Å². The van der Waals surface area contributed by atoms with Gasteiger partial charge in [0.2, 0.25) is 0 Å². The van der Waals surface area contributed by atoms with Crippen molar-refractivity contribution in [2.45, 2.75) is 19.9 Å². The largest absolute Gasteiger partial charge is 0.508 e. The Morgan fingerprint density at radius 2 is 2.14 bits per heavy atom. The Kier molecular flexibility index (Phi) is 1.84. The monoisotopic (exact) mass is 193 g/mol. The van der Waals surface area contributed by atoms with E-state index in [0.29, 0.717) is 10.9 Å². The van der Waals surface area contributed by atoms with E-state index in [0.717, 1.165) is 0 Å². The Labute approximate surface area is 80.3 Å². The standard InChI is InChI=1S/C10H11NO3/c1-6(2)11-9-5-7(12)3-4-8(9)10(13)14-11/h3-6,12H,1-2H3. The first kappa shape index (κ1) is 8.87. The normalized spacial score (nSPS) is 11.4. The highest BCUT2D eigenvalue weighted by Crippen LogP contribution is 2.20. The highest BCUT2D eigenvalue weighted by molar-refractivity contribution is 5.79. The van der Waals surface area contributed by atoms with E-state index in [4.69, 9.17) is 4.52 Å². The zero-order valence-corrected chi connectivity index (χ0v) is 8.02. The number of nitrogens with zero attached hydrogens (tertiary/aromatic N) is 1. The van der Waals surface area contributed by atoms with Gasteiger partial charge < -0.3 is 9.63 Å². The lowest BCUT2D eigenvalue weighted by Gasteiger charge is -2.04. The van der Waals surface area contributed by atoms with Crippen LogP contribution in [0.25, 0.3) is 10.9 Å². The zero-order valence-electron chi connectivity index (χ0n) is 8.02. The van der Waals surface area contributed by atoms with Crippen molar-refractivity contribution in [3.05, 3.63) is 28.6 Å². The van der Waals surface area contributed by atoms with Gasteiger partial charge in [0.05, 0.1) is 16.9 Å². The molecule has 4 heteroatoms. The zero-order chi connectivity index (χ0) is 10.3. The van der Waals surface area contributed by atoms with Crippen LogP contribution in [0.4, 0.5) is 0 Å². The van der Waals surface area contributed by atoms with Crippen LogP contribution in [0.2, 0.25) is 0 Å². The summed E-state index contributed by atoms with van der Waals surface area (Å²) in [6, 6.07) is 4.63. The molecule has 0 saturated carbocycles. The van der Waals surface area contributed by atoms with Gasteiger partial charge in [-0.3, -0.25) is 0 Å². The van der Waals surface area contributed by atoms with Crippen LogP contribution in [-0.4, -0.2) is 9.85 Å². The maximum atomic E-state index is 11.3. The Balaban J connectivity index is 2.86. The Morgan fingerprint density at radius 1 is 1.43 bits per heavy atom. The van der Waals surface area contributed by atoms with E-state index in [1.165, 1.54) is 16.9 Å². The van der Waals surface area contributed by atoms with Gasteiger partial charge in [-0.25, -0.2) is 9.53 Å². The third kappa shape index (κ3) is 1.19. The number of benzene rings is 1. The van der Waals surface area contributed by atoms with Crippen molar-refractivity contribution in [1.29, 1.82) is 0 Å². The van der Waals surface area contributed by atoms with Crippen molar-refractivity contribution in [3.8, 4) is 5.75 Å². The number of phenols is 1. The van der Waals surface area contributed by atoms with E-state index in [2.05, 4.69) is 0 Å². The van der Waals surface area contributed by atoms with Crippen molar-refractivity contribution in [3.63, 3.8) is 0 Å². The maximum Gasteiger partial charge on any atom is 0.365 e. The van der Waals surface area contributed by atoms with Gasteiger partial charge >= 0.3 is 5.63 Å². The second kappa shape index (κ2) is 2.90. The lowest BCUT2D eigenvalue weighted by atomic mass is 10.2. The fraction of sp³-hybridized carbons (Fsp3) is 0.300. The van der Waals surface area contributed by atoms with Crippen molar-refractivity contribution in [1.82, 2.24) is 4.74 Å². The molecule has 1 aromatic heterocycles. The van der Waals surface area contributed by atoms with Gasteiger partial charge in [-0.15, -0.1) is 0 Å². The predicted molar refractivity (Wildman–Crippen MR) is 52.5 cm³/mol. The lowest BCUT2D eigenvalue weighted by molar-refractivity contribution is 0.234. The first-order chi connectivity index (χ1) is 6.59. The van der Waals surface area contributed by atoms with Crippen LogP contribution in [0.15, 0.2) is 27.5 Å². The van der Waals surface area contributed by atoms with Crippen LogP contribution < -0.4 is 5.63 Å². The summed E-state index contributed by atoms with van der Waals surface area (Å²) in [5.74, 6) is 0.132. The van der Waals surface area contributed by atoms with Crippen molar-refractivity contribution in [2.24, 2.45) is 0 Å². The van der Waals surface area contributed by atoms with E-state index < -0.39 is 0 Å². The molecule has 0 aliphatic carbocycles. The minimum Gasteiger partial charge on any atom is -0.508 e. The summed E-state index contributed by atoms with van der Waals surface area (Å²) in [5.41, 5.74) is 0.263. The smallest absolute Gasteiger partial charge is 0.365 e. The molecule has 0 saturated heterocycles. The molecule has 4 nitrogen and oxygen atoms in total. The van der Waals surface area contributed by atoms with E-state index >= 15 is 0 Å². The predicted octanol–water partition coefficient (Wildman–Crippen LogP) is 1.88. The molecule has 0 bridgehead atoms. The summed E-state index contributed by atoms with van der Waals surface area (Å²) >= 11 is 0. The molecule has 0 atom stereocenters. The average Bonchev–Trinajstić information content (AvgIpc) is 2.43. The number of aromatic hydroxyl groups is 1. The molecule has 1 heterocycles. The van der Waals surface area contributed by atoms with Crippen LogP contribution in [0, 0.1) is 0 Å². The molecule has 0 aliphatic heterocycles. The molecule has 0 amide bonds. The first-order valence-corrected chi connectivity index (χ1v) is 4.44. The summed E-state index contributed by atoms with van der Waals surface area (Å²) < 4.78 is 6.53. The third-order valence-electron chi connectivity index (χ3n) is 2.09. The van der Waals surface area contributed by atoms with Crippen LogP contribution in [0.1, 0.15) is 19.9 Å². The van der Waals surface area contributed by atoms with Crippen LogP contribution in [-0.2, 0) is 0 Å². The number of fused-ring (bicyclic) bond motifs is 1. The minimum absolute atomic E-state index is 0.0574. The summed E-state index contributed by atoms with van der Waals surface area (Å²) in [7, 11) is 0. The molecular formula is C10H11NO3. The highest BCUT2D eigenvalue weighted by atomic mass is 16.5. The van der Waals surface area contributed by atoms with E-state index in [1.807, 2.05) is 13.8 Å². The van der Waals surface area contributed by atoms with Crippen molar-refractivity contribution < 1.29 is 9.63 Å². The topological polar surface area (TPSA) is 55.4 Å². The SMILES string of the molecule is CC(C)n1oc(=O)c2ccc(O)cc21. The molecule has 0 fully saturated rings. The number of phenolic OH excluding ortho intramolecular Hbond substituents is 1. The molecule has 0 aliphatic rings. The molecule has 14 heavy (non-hydrogen) atoms. The Morgan fingerprint density at radius 3 is 2.79 bits per heavy atom. The number of aromatic nitrogens is 1. The van der Waals surface area contributed by atoms with Gasteiger partial charge in [0.25, 0.3) is 0 Å². The van der Waals surface area contributed by atoms with Gasteiger partial charge in [0.15, 0.2) is 0 Å². The molecule has 74 valence electrons. The van der Waals surface area contributed by atoms with Gasteiger partial charge in [0.1, 0.15) is 5.75 Å². The Bertz CT molecular complexity index is 522. The summed E-state index contributed by atoms with van der Waals surface area (Å²) in [6.45, 7) is 3.82. The van der Waals surface area contributed by atoms with Crippen molar-refractivity contribution >= 4 is 10.9 Å². The third-order valence-corrected chi connectivity index (χ3v) is 2.09. The summed E-state index contributed by atoms with van der Waals surface area (Å²) in [6.07, 6.45) is 0. The van der Waals surface area contributed by atoms with Gasteiger partial charge in [-0.05, 0) is 26.0 Å². The van der Waals surface area contributed by atoms with Crippen LogP contribution in [0.3, 0.4) is 0 Å². The van der Waals surface area contributed by atoms with Gasteiger partial charge in [-0.2, -0.15) is 0 Å². The molecule has 1 N–H and O–H groups in total. The van der Waals surface area contributed by atoms with Gasteiger partial charge in [-0.1, -0.05) is 0 Å².